The Morgan fingerprint density at radius 1 is 1.37 bits per heavy atom. The highest BCUT2D eigenvalue weighted by Gasteiger charge is 2.41. The van der Waals surface area contributed by atoms with Gasteiger partial charge in [-0.2, -0.15) is 5.10 Å². The van der Waals surface area contributed by atoms with Crippen LogP contribution >= 0.6 is 11.3 Å². The van der Waals surface area contributed by atoms with Crippen LogP contribution in [0.4, 0.5) is 4.39 Å². The highest BCUT2D eigenvalue weighted by molar-refractivity contribution is 7.17. The van der Waals surface area contributed by atoms with Crippen molar-refractivity contribution in [1.29, 1.82) is 0 Å². The van der Waals surface area contributed by atoms with E-state index < -0.39 is 0 Å². The number of aliphatic hydroxyl groups is 1. The van der Waals surface area contributed by atoms with Gasteiger partial charge in [0.05, 0.1) is 24.0 Å². The molecule has 1 aliphatic rings. The fourth-order valence-corrected chi connectivity index (χ4v) is 4.82. The standard InChI is InChI=1S/C19H17FN4O2S/c1-10-18(15-4-12(15)9-25)24-17(26)6-14(22-19(24)27-10)8-23-16-5-13(20)3-2-11(16)7-21-23/h2-3,5-7,12,15,25H,4,8-9H2,1H3. The van der Waals surface area contributed by atoms with Gasteiger partial charge in [-0.1, -0.05) is 0 Å². The molecule has 4 aromatic rings. The van der Waals surface area contributed by atoms with E-state index in [1.165, 1.54) is 29.5 Å². The molecule has 0 radical (unpaired) electrons. The van der Waals surface area contributed by atoms with E-state index in [1.807, 2.05) is 6.92 Å². The normalized spacial score (nSPS) is 19.2. The van der Waals surface area contributed by atoms with Crippen LogP contribution in [0, 0.1) is 18.7 Å². The zero-order chi connectivity index (χ0) is 18.7. The van der Waals surface area contributed by atoms with E-state index in [4.69, 9.17) is 0 Å². The van der Waals surface area contributed by atoms with Crippen molar-refractivity contribution in [3.63, 3.8) is 0 Å². The largest absolute Gasteiger partial charge is 0.396 e. The van der Waals surface area contributed by atoms with Crippen molar-refractivity contribution >= 4 is 27.2 Å². The molecular formula is C19H17FN4O2S. The van der Waals surface area contributed by atoms with Crippen LogP contribution in [0.15, 0.2) is 35.3 Å². The molecule has 1 aromatic carbocycles. The first kappa shape index (κ1) is 16.6. The number of aryl methyl sites for hydroxylation is 1. The summed E-state index contributed by atoms with van der Waals surface area (Å²) in [4.78, 5) is 19.1. The molecule has 5 rings (SSSR count). The average molecular weight is 384 g/mol. The lowest BCUT2D eigenvalue weighted by Gasteiger charge is -2.05. The Hall–Kier alpha value is -2.58. The summed E-state index contributed by atoms with van der Waals surface area (Å²) in [6, 6.07) is 6.04. The molecule has 1 saturated carbocycles. The Kier molecular flexibility index (Phi) is 3.66. The molecule has 1 N–H and O–H groups in total. The van der Waals surface area contributed by atoms with Crippen LogP contribution in [0.1, 0.15) is 28.6 Å². The number of hydrogen-bond donors (Lipinski definition) is 1. The number of aliphatic hydroxyl groups excluding tert-OH is 1. The van der Waals surface area contributed by atoms with E-state index in [2.05, 4.69) is 10.1 Å². The van der Waals surface area contributed by atoms with Crippen LogP contribution in [-0.2, 0) is 6.54 Å². The highest BCUT2D eigenvalue weighted by atomic mass is 32.1. The van der Waals surface area contributed by atoms with Gasteiger partial charge in [-0.3, -0.25) is 13.9 Å². The van der Waals surface area contributed by atoms with Gasteiger partial charge in [0.1, 0.15) is 5.82 Å². The molecule has 0 bridgehead atoms. The SMILES string of the molecule is Cc1sc2nc(Cn3ncc4ccc(F)cc43)cc(=O)n2c1C1CC1CO. The molecule has 27 heavy (non-hydrogen) atoms. The van der Waals surface area contributed by atoms with E-state index in [0.717, 1.165) is 22.4 Å². The predicted molar refractivity (Wildman–Crippen MR) is 101 cm³/mol. The first-order valence-corrected chi connectivity index (χ1v) is 9.60. The van der Waals surface area contributed by atoms with Gasteiger partial charge >= 0.3 is 0 Å². The third kappa shape index (κ3) is 2.67. The second-order valence-electron chi connectivity index (χ2n) is 7.04. The molecule has 2 unspecified atom stereocenters. The van der Waals surface area contributed by atoms with Crippen LogP contribution in [0.2, 0.25) is 0 Å². The van der Waals surface area contributed by atoms with Crippen molar-refractivity contribution < 1.29 is 9.50 Å². The van der Waals surface area contributed by atoms with Crippen molar-refractivity contribution in [3.8, 4) is 0 Å². The first-order chi connectivity index (χ1) is 13.0. The van der Waals surface area contributed by atoms with Gasteiger partial charge in [-0.25, -0.2) is 9.37 Å². The second kappa shape index (κ2) is 5.97. The molecule has 1 fully saturated rings. The lowest BCUT2D eigenvalue weighted by atomic mass is 10.2. The summed E-state index contributed by atoms with van der Waals surface area (Å²) in [5.41, 5.74) is 2.12. The minimum Gasteiger partial charge on any atom is -0.396 e. The summed E-state index contributed by atoms with van der Waals surface area (Å²) in [5, 5.41) is 14.5. The summed E-state index contributed by atoms with van der Waals surface area (Å²) in [6.07, 6.45) is 2.58. The van der Waals surface area contributed by atoms with Crippen molar-refractivity contribution in [1.82, 2.24) is 19.2 Å². The van der Waals surface area contributed by atoms with Gasteiger partial charge < -0.3 is 5.11 Å². The second-order valence-corrected chi connectivity index (χ2v) is 8.22. The third-order valence-electron chi connectivity index (χ3n) is 5.21. The molecule has 2 atom stereocenters. The van der Waals surface area contributed by atoms with E-state index >= 15 is 0 Å². The molecule has 0 spiro atoms. The van der Waals surface area contributed by atoms with Gasteiger partial charge in [0.25, 0.3) is 5.56 Å². The Balaban J connectivity index is 1.57. The number of halogens is 1. The number of hydrogen-bond acceptors (Lipinski definition) is 5. The van der Waals surface area contributed by atoms with Crippen LogP contribution in [0.25, 0.3) is 15.9 Å². The quantitative estimate of drug-likeness (QED) is 0.587. The number of aromatic nitrogens is 4. The molecule has 3 heterocycles. The molecule has 0 saturated heterocycles. The number of rotatable bonds is 4. The predicted octanol–water partition coefficient (Wildman–Crippen LogP) is 2.70. The highest BCUT2D eigenvalue weighted by Crippen LogP contribution is 2.49. The fraction of sp³-hybridized carbons (Fsp3) is 0.316. The number of nitrogens with zero attached hydrogens (tertiary/aromatic N) is 4. The summed E-state index contributed by atoms with van der Waals surface area (Å²) in [5.74, 6) is 0.139. The molecule has 0 aliphatic heterocycles. The van der Waals surface area contributed by atoms with Crippen molar-refractivity contribution in [2.75, 3.05) is 6.61 Å². The zero-order valence-electron chi connectivity index (χ0n) is 14.6. The van der Waals surface area contributed by atoms with E-state index in [-0.39, 0.29) is 29.8 Å². The van der Waals surface area contributed by atoms with E-state index in [1.54, 1.807) is 21.3 Å². The molecule has 0 amide bonds. The molecular weight excluding hydrogens is 367 g/mol. The molecule has 6 nitrogen and oxygen atoms in total. The maximum absolute atomic E-state index is 13.6. The topological polar surface area (TPSA) is 72.4 Å². The van der Waals surface area contributed by atoms with Crippen LogP contribution in [-0.4, -0.2) is 30.9 Å². The Morgan fingerprint density at radius 2 is 2.22 bits per heavy atom. The molecule has 1 aliphatic carbocycles. The Bertz CT molecular complexity index is 1240. The third-order valence-corrected chi connectivity index (χ3v) is 6.19. The first-order valence-electron chi connectivity index (χ1n) is 8.79. The molecule has 3 aromatic heterocycles. The summed E-state index contributed by atoms with van der Waals surface area (Å²) in [7, 11) is 0. The van der Waals surface area contributed by atoms with Crippen molar-refractivity contribution in [2.24, 2.45) is 5.92 Å². The minimum absolute atomic E-state index is 0.124. The Labute approximate surface area is 157 Å². The van der Waals surface area contributed by atoms with Crippen LogP contribution < -0.4 is 5.56 Å². The monoisotopic (exact) mass is 384 g/mol. The maximum Gasteiger partial charge on any atom is 0.259 e. The van der Waals surface area contributed by atoms with E-state index in [9.17, 15) is 14.3 Å². The summed E-state index contributed by atoms with van der Waals surface area (Å²) in [6.45, 7) is 2.43. The zero-order valence-corrected chi connectivity index (χ0v) is 15.4. The summed E-state index contributed by atoms with van der Waals surface area (Å²) >= 11 is 1.49. The minimum atomic E-state index is -0.325. The van der Waals surface area contributed by atoms with Crippen LogP contribution in [0.3, 0.4) is 0 Å². The summed E-state index contributed by atoms with van der Waals surface area (Å²) < 4.78 is 16.9. The van der Waals surface area contributed by atoms with Crippen molar-refractivity contribution in [3.05, 3.63) is 62.9 Å². The number of fused-ring (bicyclic) bond motifs is 2. The smallest absolute Gasteiger partial charge is 0.259 e. The molecule has 8 heteroatoms. The average Bonchev–Trinajstić information content (AvgIpc) is 3.19. The Morgan fingerprint density at radius 3 is 3.00 bits per heavy atom. The van der Waals surface area contributed by atoms with Gasteiger partial charge in [0.15, 0.2) is 4.96 Å². The van der Waals surface area contributed by atoms with Gasteiger partial charge in [0.2, 0.25) is 0 Å². The van der Waals surface area contributed by atoms with Crippen LogP contribution in [0.5, 0.6) is 0 Å². The van der Waals surface area contributed by atoms with Gasteiger partial charge in [-0.05, 0) is 37.5 Å². The number of benzene rings is 1. The fourth-order valence-electron chi connectivity index (χ4n) is 3.76. The van der Waals surface area contributed by atoms with Gasteiger partial charge in [-0.15, -0.1) is 11.3 Å². The van der Waals surface area contributed by atoms with Crippen molar-refractivity contribution in [2.45, 2.75) is 25.8 Å². The lowest BCUT2D eigenvalue weighted by molar-refractivity contribution is 0.273. The molecule has 138 valence electrons. The number of thiazole rings is 1. The van der Waals surface area contributed by atoms with E-state index in [0.29, 0.717) is 22.7 Å². The van der Waals surface area contributed by atoms with Gasteiger partial charge in [0, 0.05) is 34.5 Å². The maximum atomic E-state index is 13.6. The lowest BCUT2D eigenvalue weighted by Crippen LogP contribution is -2.18.